The minimum atomic E-state index is -1.79. The monoisotopic (exact) mass is 566 g/mol. The molecule has 0 bridgehead atoms. The van der Waals surface area contributed by atoms with Crippen molar-refractivity contribution in [3.63, 3.8) is 0 Å². The molecule has 2 saturated carbocycles. The van der Waals surface area contributed by atoms with E-state index in [0.29, 0.717) is 6.42 Å². The van der Waals surface area contributed by atoms with E-state index in [4.69, 9.17) is 24.1 Å². The Labute approximate surface area is 223 Å². The van der Waals surface area contributed by atoms with Crippen LogP contribution in [0.4, 0.5) is 0 Å². The highest BCUT2D eigenvalue weighted by molar-refractivity contribution is 5.90. The summed E-state index contributed by atoms with van der Waals surface area (Å²) in [6.45, 7) is -0.637. The van der Waals surface area contributed by atoms with Gasteiger partial charge in [-0.05, 0) is 31.6 Å². The van der Waals surface area contributed by atoms with Crippen molar-refractivity contribution in [3.8, 4) is 0 Å². The average Bonchev–Trinajstić information content (AvgIpc) is 2.88. The van der Waals surface area contributed by atoms with Gasteiger partial charge < -0.3 is 64.9 Å². The number of carbonyl (C=O) groups is 2. The van der Waals surface area contributed by atoms with E-state index in [0.717, 1.165) is 0 Å². The van der Waals surface area contributed by atoms with Gasteiger partial charge in [-0.2, -0.15) is 0 Å². The third kappa shape index (κ3) is 6.70. The van der Waals surface area contributed by atoms with Crippen molar-refractivity contribution in [2.75, 3.05) is 6.61 Å². The van der Waals surface area contributed by atoms with Gasteiger partial charge >= 0.3 is 11.9 Å². The molecule has 15 nitrogen and oxygen atoms in total. The fraction of sp³-hybridized carbons (Fsp3) is 0.917. The first-order valence-corrected chi connectivity index (χ1v) is 13.2. The van der Waals surface area contributed by atoms with E-state index in [9.17, 15) is 50.4 Å². The Morgan fingerprint density at radius 2 is 1.46 bits per heavy atom. The molecule has 0 aromatic carbocycles. The smallest absolute Gasteiger partial charge is 0.317 e. The third-order valence-corrected chi connectivity index (χ3v) is 8.30. The minimum absolute atomic E-state index is 0.0429. The SMILES string of the molecule is O=C(O)CC(=O)OC[C@H]1O[C@@H](OC2CC3C(CC(O)C(O)C3O)OC2C2CCC(O)C(O)C2)[C@H](O)[C@@H](O)[C@@H]1O. The van der Waals surface area contributed by atoms with Gasteiger partial charge in [-0.15, -0.1) is 0 Å². The number of aliphatic carboxylic acids is 1. The van der Waals surface area contributed by atoms with Crippen molar-refractivity contribution >= 4 is 11.9 Å². The van der Waals surface area contributed by atoms with Gasteiger partial charge in [-0.25, -0.2) is 0 Å². The molecule has 0 amide bonds. The molecule has 2 heterocycles. The number of fused-ring (bicyclic) bond motifs is 1. The first-order valence-electron chi connectivity index (χ1n) is 13.2. The molecule has 39 heavy (non-hydrogen) atoms. The normalized spacial score (nSPS) is 48.7. The van der Waals surface area contributed by atoms with Crippen LogP contribution < -0.4 is 0 Å². The molecule has 15 atom stereocenters. The number of carboxylic acids is 1. The maximum atomic E-state index is 11.6. The molecule has 9 N–H and O–H groups in total. The van der Waals surface area contributed by atoms with Crippen LogP contribution in [0.15, 0.2) is 0 Å². The number of ether oxygens (including phenoxy) is 4. The molecular weight excluding hydrogens is 528 g/mol. The van der Waals surface area contributed by atoms with E-state index in [1.165, 1.54) is 0 Å². The number of esters is 1. The summed E-state index contributed by atoms with van der Waals surface area (Å²) in [6.07, 6.45) is -16.4. The maximum absolute atomic E-state index is 11.6. The lowest BCUT2D eigenvalue weighted by Gasteiger charge is -2.52. The molecule has 0 radical (unpaired) electrons. The van der Waals surface area contributed by atoms with Crippen molar-refractivity contribution in [3.05, 3.63) is 0 Å². The lowest BCUT2D eigenvalue weighted by Crippen LogP contribution is -2.63. The van der Waals surface area contributed by atoms with Crippen LogP contribution >= 0.6 is 0 Å². The number of aliphatic hydroxyl groups excluding tert-OH is 8. The molecule has 4 aliphatic rings. The van der Waals surface area contributed by atoms with Crippen LogP contribution in [0.25, 0.3) is 0 Å². The Balaban J connectivity index is 1.51. The van der Waals surface area contributed by atoms with Crippen molar-refractivity contribution < 1.29 is 74.5 Å². The second kappa shape index (κ2) is 12.6. The first-order chi connectivity index (χ1) is 18.4. The van der Waals surface area contributed by atoms with Gasteiger partial charge in [-0.3, -0.25) is 9.59 Å². The number of carboxylic acid groups (broad SMARTS) is 1. The quantitative estimate of drug-likeness (QED) is 0.105. The standard InChI is InChI=1S/C24H38O15/c25-10-2-1-8(3-11(10)26)23-14(4-9-13(37-23)5-12(27)19(32)18(9)31)38-24-22(35)21(34)20(33)15(39-24)7-36-17(30)6-16(28)29/h8-15,18-27,31-35H,1-7H2,(H,28,29)/t8?,9?,10?,11?,12?,13?,14?,15-,18?,19?,20-,21+,22-,23?,24-/m1/s1. The molecule has 10 unspecified atom stereocenters. The molecule has 0 spiro atoms. The Morgan fingerprint density at radius 3 is 2.13 bits per heavy atom. The Bertz CT molecular complexity index is 857. The number of hydrogen-bond acceptors (Lipinski definition) is 14. The van der Waals surface area contributed by atoms with Crippen LogP contribution in [0.1, 0.15) is 38.5 Å². The number of rotatable bonds is 7. The van der Waals surface area contributed by atoms with E-state index in [2.05, 4.69) is 0 Å². The zero-order chi connectivity index (χ0) is 28.6. The molecule has 2 aliphatic heterocycles. The molecule has 15 heteroatoms. The van der Waals surface area contributed by atoms with Crippen LogP contribution in [-0.4, -0.2) is 144 Å². The van der Waals surface area contributed by atoms with Crippen LogP contribution in [-0.2, 0) is 28.5 Å². The van der Waals surface area contributed by atoms with E-state index in [-0.39, 0.29) is 31.6 Å². The van der Waals surface area contributed by atoms with Crippen LogP contribution in [0.5, 0.6) is 0 Å². The summed E-state index contributed by atoms with van der Waals surface area (Å²) in [5.74, 6) is -3.54. The van der Waals surface area contributed by atoms with Crippen molar-refractivity contribution in [1.82, 2.24) is 0 Å². The topological polar surface area (TPSA) is 253 Å². The van der Waals surface area contributed by atoms with Crippen molar-refractivity contribution in [1.29, 1.82) is 0 Å². The fourth-order valence-corrected chi connectivity index (χ4v) is 6.09. The van der Waals surface area contributed by atoms with Crippen molar-refractivity contribution in [2.45, 2.75) is 118 Å². The van der Waals surface area contributed by atoms with E-state index < -0.39 is 110 Å². The third-order valence-electron chi connectivity index (χ3n) is 8.30. The Morgan fingerprint density at radius 1 is 0.744 bits per heavy atom. The Hall–Kier alpha value is -1.50. The van der Waals surface area contributed by atoms with Crippen LogP contribution in [0.2, 0.25) is 0 Å². The van der Waals surface area contributed by atoms with Crippen molar-refractivity contribution in [2.24, 2.45) is 11.8 Å². The molecule has 0 aromatic heterocycles. The van der Waals surface area contributed by atoms with Crippen LogP contribution in [0.3, 0.4) is 0 Å². The predicted molar refractivity (Wildman–Crippen MR) is 124 cm³/mol. The zero-order valence-corrected chi connectivity index (χ0v) is 21.1. The molecule has 4 fully saturated rings. The molecule has 4 rings (SSSR count). The van der Waals surface area contributed by atoms with E-state index in [1.807, 2.05) is 0 Å². The molecule has 224 valence electrons. The van der Waals surface area contributed by atoms with E-state index >= 15 is 0 Å². The lowest BCUT2D eigenvalue weighted by atomic mass is 9.71. The van der Waals surface area contributed by atoms with Crippen LogP contribution in [0, 0.1) is 11.8 Å². The molecule has 0 aromatic rings. The van der Waals surface area contributed by atoms with Gasteiger partial charge in [0.05, 0.1) is 42.7 Å². The first kappa shape index (κ1) is 30.5. The highest BCUT2D eigenvalue weighted by Crippen LogP contribution is 2.43. The zero-order valence-electron chi connectivity index (χ0n) is 21.1. The highest BCUT2D eigenvalue weighted by Gasteiger charge is 2.53. The van der Waals surface area contributed by atoms with Gasteiger partial charge in [0.2, 0.25) is 0 Å². The summed E-state index contributed by atoms with van der Waals surface area (Å²) in [6, 6.07) is 0. The lowest BCUT2D eigenvalue weighted by molar-refractivity contribution is -0.335. The van der Waals surface area contributed by atoms with Gasteiger partial charge in [-0.1, -0.05) is 0 Å². The fourth-order valence-electron chi connectivity index (χ4n) is 6.09. The number of hydrogen-bond donors (Lipinski definition) is 9. The summed E-state index contributed by atoms with van der Waals surface area (Å²) >= 11 is 0. The summed E-state index contributed by atoms with van der Waals surface area (Å²) in [7, 11) is 0. The van der Waals surface area contributed by atoms with Gasteiger partial charge in [0.1, 0.15) is 43.5 Å². The number of aliphatic hydroxyl groups is 8. The second-order valence-corrected chi connectivity index (χ2v) is 11.0. The Kier molecular flexibility index (Phi) is 9.81. The summed E-state index contributed by atoms with van der Waals surface area (Å²) < 4.78 is 22.7. The summed E-state index contributed by atoms with van der Waals surface area (Å²) in [5.41, 5.74) is 0. The molecular formula is C24H38O15. The predicted octanol–water partition coefficient (Wildman–Crippen LogP) is -4.02. The summed E-state index contributed by atoms with van der Waals surface area (Å²) in [4.78, 5) is 22.3. The van der Waals surface area contributed by atoms with Gasteiger partial charge in [0, 0.05) is 12.3 Å². The number of carbonyl (C=O) groups excluding carboxylic acids is 1. The van der Waals surface area contributed by atoms with Gasteiger partial charge in [0.25, 0.3) is 0 Å². The summed E-state index contributed by atoms with van der Waals surface area (Å²) in [5, 5.41) is 91.3. The average molecular weight is 567 g/mol. The minimum Gasteiger partial charge on any atom is -0.481 e. The highest BCUT2D eigenvalue weighted by atomic mass is 16.7. The molecule has 2 saturated heterocycles. The largest absolute Gasteiger partial charge is 0.481 e. The van der Waals surface area contributed by atoms with E-state index in [1.54, 1.807) is 0 Å². The molecule has 2 aliphatic carbocycles. The van der Waals surface area contributed by atoms with Gasteiger partial charge in [0.15, 0.2) is 6.29 Å². The second-order valence-electron chi connectivity index (χ2n) is 11.0. The maximum Gasteiger partial charge on any atom is 0.317 e.